The average Bonchev–Trinajstić information content (AvgIpc) is 2.46. The van der Waals surface area contributed by atoms with Crippen molar-refractivity contribution in [3.63, 3.8) is 0 Å². The van der Waals surface area contributed by atoms with E-state index in [1.54, 1.807) is 11.8 Å². The molecule has 1 heterocycles. The maximum atomic E-state index is 10.2. The summed E-state index contributed by atoms with van der Waals surface area (Å²) in [5, 5.41) is 10.2. The lowest BCUT2D eigenvalue weighted by Gasteiger charge is -2.32. The van der Waals surface area contributed by atoms with Crippen LogP contribution < -0.4 is 0 Å². The van der Waals surface area contributed by atoms with Crippen molar-refractivity contribution in [1.29, 1.82) is 0 Å². The molecule has 0 radical (unpaired) electrons. The summed E-state index contributed by atoms with van der Waals surface area (Å²) in [5.41, 5.74) is 1.03. The second-order valence-corrected chi connectivity index (χ2v) is 6.10. The van der Waals surface area contributed by atoms with Crippen molar-refractivity contribution in [2.24, 2.45) is 0 Å². The Labute approximate surface area is 120 Å². The van der Waals surface area contributed by atoms with Crippen LogP contribution >= 0.6 is 11.8 Å². The Morgan fingerprint density at radius 2 is 1.79 bits per heavy atom. The molecule has 0 aliphatic carbocycles. The lowest BCUT2D eigenvalue weighted by Crippen LogP contribution is -2.44. The molecule has 1 saturated heterocycles. The van der Waals surface area contributed by atoms with Crippen molar-refractivity contribution >= 4 is 11.8 Å². The largest absolute Gasteiger partial charge is 0.388 e. The number of benzene rings is 1. The Hall–Kier alpha value is -0.550. The van der Waals surface area contributed by atoms with E-state index in [0.717, 1.165) is 44.7 Å². The number of piperazine rings is 1. The van der Waals surface area contributed by atoms with Crippen molar-refractivity contribution in [1.82, 2.24) is 9.80 Å². The van der Waals surface area contributed by atoms with Crippen molar-refractivity contribution in [2.75, 3.05) is 46.0 Å². The quantitative estimate of drug-likeness (QED) is 0.836. The van der Waals surface area contributed by atoms with E-state index in [1.807, 2.05) is 12.1 Å². The Morgan fingerprint density at radius 3 is 2.37 bits per heavy atom. The first-order chi connectivity index (χ1) is 9.19. The highest BCUT2D eigenvalue weighted by Crippen LogP contribution is 2.21. The van der Waals surface area contributed by atoms with Crippen molar-refractivity contribution in [3.05, 3.63) is 29.8 Å². The van der Waals surface area contributed by atoms with Crippen LogP contribution in [0.2, 0.25) is 0 Å². The van der Waals surface area contributed by atoms with Crippen molar-refractivity contribution < 1.29 is 5.11 Å². The summed E-state index contributed by atoms with van der Waals surface area (Å²) in [4.78, 5) is 6.04. The molecule has 1 atom stereocenters. The first-order valence-electron chi connectivity index (χ1n) is 6.92. The van der Waals surface area contributed by atoms with E-state index in [-0.39, 0.29) is 6.10 Å². The summed E-state index contributed by atoms with van der Waals surface area (Å²) in [5.74, 6) is 0. The molecule has 4 heteroatoms. The molecule has 0 aromatic heterocycles. The minimum Gasteiger partial charge on any atom is -0.388 e. The van der Waals surface area contributed by atoms with E-state index in [1.165, 1.54) is 4.90 Å². The molecule has 1 unspecified atom stereocenters. The van der Waals surface area contributed by atoms with Gasteiger partial charge in [0.1, 0.15) is 0 Å². The van der Waals surface area contributed by atoms with E-state index in [9.17, 15) is 5.11 Å². The zero-order valence-electron chi connectivity index (χ0n) is 11.9. The van der Waals surface area contributed by atoms with Gasteiger partial charge in [0, 0.05) is 37.6 Å². The monoisotopic (exact) mass is 280 g/mol. The van der Waals surface area contributed by atoms with Crippen LogP contribution in [0.5, 0.6) is 0 Å². The Kier molecular flexibility index (Phi) is 5.70. The van der Waals surface area contributed by atoms with Crippen LogP contribution in [0.3, 0.4) is 0 Å². The fraction of sp³-hybridized carbons (Fsp3) is 0.600. The molecular formula is C15H24N2OS. The third kappa shape index (κ3) is 4.49. The molecule has 0 bridgehead atoms. The molecule has 1 aliphatic heterocycles. The number of aliphatic hydroxyl groups excluding tert-OH is 1. The standard InChI is InChI=1S/C15H24N2OS/c1-16-9-11-17(12-10-16)8-7-15(18)13-3-5-14(19-2)6-4-13/h3-6,15,18H,7-12H2,1-2H3. The molecule has 0 amide bonds. The smallest absolute Gasteiger partial charge is 0.0802 e. The van der Waals surface area contributed by atoms with Crippen LogP contribution in [0.15, 0.2) is 29.2 Å². The van der Waals surface area contributed by atoms with Gasteiger partial charge in [0.25, 0.3) is 0 Å². The molecule has 1 N–H and O–H groups in total. The number of likely N-dealkylation sites (N-methyl/N-ethyl adjacent to an activating group) is 1. The van der Waals surface area contributed by atoms with Gasteiger partial charge in [0.2, 0.25) is 0 Å². The van der Waals surface area contributed by atoms with Crippen LogP contribution in [0.25, 0.3) is 0 Å². The predicted molar refractivity (Wildman–Crippen MR) is 81.7 cm³/mol. The topological polar surface area (TPSA) is 26.7 Å². The SMILES string of the molecule is CSc1ccc(C(O)CCN2CCN(C)CC2)cc1. The van der Waals surface area contributed by atoms with Gasteiger partial charge in [-0.15, -0.1) is 11.8 Å². The maximum absolute atomic E-state index is 10.2. The molecule has 1 fully saturated rings. The Bertz CT molecular complexity index is 374. The minimum absolute atomic E-state index is 0.337. The van der Waals surface area contributed by atoms with Crippen LogP contribution in [0.4, 0.5) is 0 Å². The first-order valence-corrected chi connectivity index (χ1v) is 8.14. The predicted octanol–water partition coefficient (Wildman–Crippen LogP) is 2.08. The highest BCUT2D eigenvalue weighted by molar-refractivity contribution is 7.98. The highest BCUT2D eigenvalue weighted by atomic mass is 32.2. The second-order valence-electron chi connectivity index (χ2n) is 5.22. The van der Waals surface area contributed by atoms with Gasteiger partial charge >= 0.3 is 0 Å². The zero-order valence-corrected chi connectivity index (χ0v) is 12.7. The van der Waals surface area contributed by atoms with Crippen LogP contribution in [0, 0.1) is 0 Å². The molecule has 2 rings (SSSR count). The summed E-state index contributed by atoms with van der Waals surface area (Å²) < 4.78 is 0. The number of aliphatic hydroxyl groups is 1. The maximum Gasteiger partial charge on any atom is 0.0802 e. The van der Waals surface area contributed by atoms with E-state index >= 15 is 0 Å². The summed E-state index contributed by atoms with van der Waals surface area (Å²) in [6.45, 7) is 5.50. The van der Waals surface area contributed by atoms with Gasteiger partial charge in [0.15, 0.2) is 0 Å². The van der Waals surface area contributed by atoms with Crippen LogP contribution in [0.1, 0.15) is 18.1 Å². The van der Waals surface area contributed by atoms with E-state index in [2.05, 4.69) is 35.2 Å². The van der Waals surface area contributed by atoms with E-state index in [0.29, 0.717) is 0 Å². The molecule has 0 saturated carbocycles. The fourth-order valence-electron chi connectivity index (χ4n) is 2.37. The Morgan fingerprint density at radius 1 is 1.16 bits per heavy atom. The number of hydrogen-bond acceptors (Lipinski definition) is 4. The molecular weight excluding hydrogens is 256 g/mol. The van der Waals surface area contributed by atoms with Gasteiger partial charge in [-0.3, -0.25) is 0 Å². The Balaban J connectivity index is 1.78. The zero-order chi connectivity index (χ0) is 13.7. The minimum atomic E-state index is -0.337. The van der Waals surface area contributed by atoms with Gasteiger partial charge in [-0.25, -0.2) is 0 Å². The molecule has 0 spiro atoms. The second kappa shape index (κ2) is 7.29. The lowest BCUT2D eigenvalue weighted by atomic mass is 10.1. The van der Waals surface area contributed by atoms with Gasteiger partial charge in [-0.1, -0.05) is 12.1 Å². The summed E-state index contributed by atoms with van der Waals surface area (Å²) in [6.07, 6.45) is 2.55. The average molecular weight is 280 g/mol. The van der Waals surface area contributed by atoms with Gasteiger partial charge < -0.3 is 14.9 Å². The highest BCUT2D eigenvalue weighted by Gasteiger charge is 2.15. The molecule has 1 aromatic rings. The van der Waals surface area contributed by atoms with Gasteiger partial charge in [0.05, 0.1) is 6.10 Å². The third-order valence-corrected chi connectivity index (χ3v) is 4.56. The number of hydrogen-bond donors (Lipinski definition) is 1. The normalized spacial score (nSPS) is 19.5. The summed E-state index contributed by atoms with van der Waals surface area (Å²) in [6, 6.07) is 8.25. The summed E-state index contributed by atoms with van der Waals surface area (Å²) >= 11 is 1.73. The molecule has 3 nitrogen and oxygen atoms in total. The van der Waals surface area contributed by atoms with Gasteiger partial charge in [-0.2, -0.15) is 0 Å². The number of rotatable bonds is 5. The molecule has 106 valence electrons. The van der Waals surface area contributed by atoms with Crippen LogP contribution in [-0.2, 0) is 0 Å². The van der Waals surface area contributed by atoms with E-state index < -0.39 is 0 Å². The fourth-order valence-corrected chi connectivity index (χ4v) is 2.78. The van der Waals surface area contributed by atoms with E-state index in [4.69, 9.17) is 0 Å². The molecule has 1 aliphatic rings. The first kappa shape index (κ1) is 14.9. The van der Waals surface area contributed by atoms with Crippen molar-refractivity contribution in [3.8, 4) is 0 Å². The number of thioether (sulfide) groups is 1. The number of nitrogens with zero attached hydrogens (tertiary/aromatic N) is 2. The molecule has 19 heavy (non-hydrogen) atoms. The van der Waals surface area contributed by atoms with Crippen LogP contribution in [-0.4, -0.2) is 60.9 Å². The lowest BCUT2D eigenvalue weighted by molar-refractivity contribution is 0.113. The molecule has 1 aromatic carbocycles. The van der Waals surface area contributed by atoms with Crippen molar-refractivity contribution in [2.45, 2.75) is 17.4 Å². The van der Waals surface area contributed by atoms with Gasteiger partial charge in [-0.05, 0) is 37.4 Å². The third-order valence-electron chi connectivity index (χ3n) is 3.82. The summed E-state index contributed by atoms with van der Waals surface area (Å²) in [7, 11) is 2.17.